The Balaban J connectivity index is 2.98. The first-order valence-electron chi connectivity index (χ1n) is 5.06. The Labute approximate surface area is 96.4 Å². The minimum atomic E-state index is -4.51. The van der Waals surface area contributed by atoms with Crippen LogP contribution in [0.2, 0.25) is 0 Å². The molecule has 0 spiro atoms. The van der Waals surface area contributed by atoms with Crippen molar-refractivity contribution in [2.75, 3.05) is 13.2 Å². The van der Waals surface area contributed by atoms with E-state index in [-0.39, 0.29) is 12.2 Å². The van der Waals surface area contributed by atoms with Gasteiger partial charge in [-0.3, -0.25) is 0 Å². The van der Waals surface area contributed by atoms with E-state index in [2.05, 4.69) is 0 Å². The second kappa shape index (κ2) is 5.46. The van der Waals surface area contributed by atoms with Crippen LogP contribution in [0.15, 0.2) is 18.2 Å². The van der Waals surface area contributed by atoms with Crippen molar-refractivity contribution in [3.8, 4) is 0 Å². The molecule has 6 heteroatoms. The van der Waals surface area contributed by atoms with Gasteiger partial charge in [-0.1, -0.05) is 0 Å². The molecule has 17 heavy (non-hydrogen) atoms. The molecule has 1 aromatic carbocycles. The summed E-state index contributed by atoms with van der Waals surface area (Å²) in [5.74, 6) is -0.759. The zero-order valence-electron chi connectivity index (χ0n) is 9.22. The standard InChI is InChI=1S/C11H13F4NO/c1-2-17-6-10(16)8-5-7(11(13,14)15)3-4-9(8)12/h3-5,10H,2,6,16H2,1H3. The fourth-order valence-electron chi connectivity index (χ4n) is 1.34. The first-order chi connectivity index (χ1) is 7.86. The van der Waals surface area contributed by atoms with Crippen LogP contribution in [0.1, 0.15) is 24.1 Å². The predicted octanol–water partition coefficient (Wildman–Crippen LogP) is 2.88. The van der Waals surface area contributed by atoms with Crippen LogP contribution in [0.5, 0.6) is 0 Å². The molecule has 0 saturated carbocycles. The molecule has 0 radical (unpaired) electrons. The molecule has 1 rings (SSSR count). The first kappa shape index (κ1) is 13.9. The third-order valence-corrected chi connectivity index (χ3v) is 2.22. The molecule has 0 aliphatic heterocycles. The summed E-state index contributed by atoms with van der Waals surface area (Å²) in [5.41, 5.74) is 4.46. The van der Waals surface area contributed by atoms with Gasteiger partial charge in [-0.05, 0) is 25.1 Å². The van der Waals surface area contributed by atoms with E-state index in [0.29, 0.717) is 12.7 Å². The van der Waals surface area contributed by atoms with Crippen LogP contribution in [-0.4, -0.2) is 13.2 Å². The van der Waals surface area contributed by atoms with E-state index in [1.165, 1.54) is 0 Å². The summed E-state index contributed by atoms with van der Waals surface area (Å²) >= 11 is 0. The van der Waals surface area contributed by atoms with Gasteiger partial charge in [-0.15, -0.1) is 0 Å². The summed E-state index contributed by atoms with van der Waals surface area (Å²) in [5, 5.41) is 0. The van der Waals surface area contributed by atoms with Gasteiger partial charge in [0.2, 0.25) is 0 Å². The van der Waals surface area contributed by atoms with Crippen molar-refractivity contribution in [1.29, 1.82) is 0 Å². The maximum atomic E-state index is 13.3. The Kier molecular flexibility index (Phi) is 4.47. The van der Waals surface area contributed by atoms with E-state index in [4.69, 9.17) is 10.5 Å². The number of hydrogen-bond acceptors (Lipinski definition) is 2. The van der Waals surface area contributed by atoms with Gasteiger partial charge in [0.05, 0.1) is 18.2 Å². The highest BCUT2D eigenvalue weighted by molar-refractivity contribution is 5.29. The Hall–Kier alpha value is -1.14. The van der Waals surface area contributed by atoms with Crippen LogP contribution < -0.4 is 5.73 Å². The average molecular weight is 251 g/mol. The maximum Gasteiger partial charge on any atom is 0.416 e. The Bertz CT molecular complexity index is 378. The van der Waals surface area contributed by atoms with Gasteiger partial charge in [-0.25, -0.2) is 4.39 Å². The highest BCUT2D eigenvalue weighted by Gasteiger charge is 2.31. The summed E-state index contributed by atoms with van der Waals surface area (Å²) in [7, 11) is 0. The fraction of sp³-hybridized carbons (Fsp3) is 0.455. The van der Waals surface area contributed by atoms with Gasteiger partial charge >= 0.3 is 6.18 Å². The normalized spacial score (nSPS) is 13.8. The number of alkyl halides is 3. The Morgan fingerprint density at radius 2 is 2.00 bits per heavy atom. The highest BCUT2D eigenvalue weighted by Crippen LogP contribution is 2.31. The summed E-state index contributed by atoms with van der Waals surface area (Å²) in [6.07, 6.45) is -4.51. The number of halogens is 4. The second-order valence-electron chi connectivity index (χ2n) is 3.50. The molecular weight excluding hydrogens is 238 g/mol. The van der Waals surface area contributed by atoms with Crippen LogP contribution in [0.4, 0.5) is 17.6 Å². The average Bonchev–Trinajstić information content (AvgIpc) is 2.24. The quantitative estimate of drug-likeness (QED) is 0.835. The SMILES string of the molecule is CCOCC(N)c1cc(C(F)(F)F)ccc1F. The monoisotopic (exact) mass is 251 g/mol. The van der Waals surface area contributed by atoms with Crippen molar-refractivity contribution in [2.24, 2.45) is 5.73 Å². The lowest BCUT2D eigenvalue weighted by atomic mass is 10.0. The van der Waals surface area contributed by atoms with E-state index >= 15 is 0 Å². The first-order valence-corrected chi connectivity index (χ1v) is 5.06. The van der Waals surface area contributed by atoms with Crippen LogP contribution in [0.3, 0.4) is 0 Å². The molecule has 0 aliphatic carbocycles. The molecule has 0 aromatic heterocycles. The fourth-order valence-corrected chi connectivity index (χ4v) is 1.34. The molecule has 1 unspecified atom stereocenters. The maximum absolute atomic E-state index is 13.3. The zero-order chi connectivity index (χ0) is 13.1. The van der Waals surface area contributed by atoms with Crippen LogP contribution >= 0.6 is 0 Å². The summed E-state index contributed by atoms with van der Waals surface area (Å²) in [6, 6.07) is 1.27. The van der Waals surface area contributed by atoms with Crippen LogP contribution in [0.25, 0.3) is 0 Å². The van der Waals surface area contributed by atoms with Crippen molar-refractivity contribution >= 4 is 0 Å². The van der Waals surface area contributed by atoms with Crippen molar-refractivity contribution in [2.45, 2.75) is 19.1 Å². The minimum absolute atomic E-state index is 0.0191. The lowest BCUT2D eigenvalue weighted by Crippen LogP contribution is -2.19. The van der Waals surface area contributed by atoms with Crippen LogP contribution in [-0.2, 0) is 10.9 Å². The summed E-state index contributed by atoms with van der Waals surface area (Å²) < 4.78 is 55.6. The van der Waals surface area contributed by atoms with E-state index in [1.54, 1.807) is 6.92 Å². The third-order valence-electron chi connectivity index (χ3n) is 2.22. The second-order valence-corrected chi connectivity index (χ2v) is 3.50. The smallest absolute Gasteiger partial charge is 0.380 e. The zero-order valence-corrected chi connectivity index (χ0v) is 9.22. The van der Waals surface area contributed by atoms with Gasteiger partial charge < -0.3 is 10.5 Å². The molecular formula is C11H13F4NO. The molecule has 0 amide bonds. The van der Waals surface area contributed by atoms with Gasteiger partial charge in [0, 0.05) is 12.2 Å². The van der Waals surface area contributed by atoms with Gasteiger partial charge in [-0.2, -0.15) is 13.2 Å². The molecule has 0 saturated heterocycles. The van der Waals surface area contributed by atoms with E-state index < -0.39 is 23.6 Å². The van der Waals surface area contributed by atoms with E-state index in [0.717, 1.165) is 12.1 Å². The van der Waals surface area contributed by atoms with Crippen molar-refractivity contribution in [3.63, 3.8) is 0 Å². The summed E-state index contributed by atoms with van der Waals surface area (Å²) in [6.45, 7) is 2.07. The number of hydrogen-bond donors (Lipinski definition) is 1. The highest BCUT2D eigenvalue weighted by atomic mass is 19.4. The van der Waals surface area contributed by atoms with Crippen LogP contribution in [0, 0.1) is 5.82 Å². The lowest BCUT2D eigenvalue weighted by molar-refractivity contribution is -0.137. The van der Waals surface area contributed by atoms with Gasteiger partial charge in [0.1, 0.15) is 5.82 Å². The molecule has 2 nitrogen and oxygen atoms in total. The molecule has 2 N–H and O–H groups in total. The number of ether oxygens (including phenoxy) is 1. The molecule has 0 bridgehead atoms. The van der Waals surface area contributed by atoms with Gasteiger partial charge in [0.15, 0.2) is 0 Å². The molecule has 1 atom stereocenters. The Morgan fingerprint density at radius 1 is 1.35 bits per heavy atom. The predicted molar refractivity (Wildman–Crippen MR) is 54.8 cm³/mol. The molecule has 0 aliphatic rings. The molecule has 0 heterocycles. The third kappa shape index (κ3) is 3.67. The van der Waals surface area contributed by atoms with E-state index in [1.807, 2.05) is 0 Å². The van der Waals surface area contributed by atoms with E-state index in [9.17, 15) is 17.6 Å². The molecule has 0 fully saturated rings. The Morgan fingerprint density at radius 3 is 2.53 bits per heavy atom. The largest absolute Gasteiger partial charge is 0.416 e. The van der Waals surface area contributed by atoms with Crippen molar-refractivity contribution in [3.05, 3.63) is 35.1 Å². The molecule has 1 aromatic rings. The summed E-state index contributed by atoms with van der Waals surface area (Å²) in [4.78, 5) is 0. The number of nitrogens with two attached hydrogens (primary N) is 1. The minimum Gasteiger partial charge on any atom is -0.380 e. The topological polar surface area (TPSA) is 35.2 Å². The number of benzene rings is 1. The van der Waals surface area contributed by atoms with Crippen molar-refractivity contribution in [1.82, 2.24) is 0 Å². The number of rotatable bonds is 4. The lowest BCUT2D eigenvalue weighted by Gasteiger charge is -2.15. The molecule has 96 valence electrons. The van der Waals surface area contributed by atoms with Crippen molar-refractivity contribution < 1.29 is 22.3 Å². The van der Waals surface area contributed by atoms with Gasteiger partial charge in [0.25, 0.3) is 0 Å².